The Morgan fingerprint density at radius 2 is 1.56 bits per heavy atom. The molecule has 0 radical (unpaired) electrons. The van der Waals surface area contributed by atoms with E-state index in [1.54, 1.807) is 24.3 Å². The summed E-state index contributed by atoms with van der Waals surface area (Å²) in [4.78, 5) is 32.9. The van der Waals surface area contributed by atoms with Crippen molar-refractivity contribution in [3.05, 3.63) is 68.3 Å². The Morgan fingerprint density at radius 3 is 2.00 bits per heavy atom. The first-order valence-electron chi connectivity index (χ1n) is 8.43. The predicted octanol–water partition coefficient (Wildman–Crippen LogP) is 3.92. The number of alkyl halides is 3. The zero-order chi connectivity index (χ0) is 24.1. The minimum atomic E-state index is -2.12. The maximum Gasteiger partial charge on any atom is 0.277 e. The molecule has 170 valence electrons. The van der Waals surface area contributed by atoms with Crippen LogP contribution >= 0.6 is 47.0 Å². The number of nitrogens with zero attached hydrogens (tertiary/aromatic N) is 2. The van der Waals surface area contributed by atoms with Crippen LogP contribution in [-0.2, 0) is 0 Å². The third-order valence-electron chi connectivity index (χ3n) is 3.81. The fourth-order valence-electron chi connectivity index (χ4n) is 2.32. The van der Waals surface area contributed by atoms with E-state index in [-0.39, 0.29) is 10.7 Å². The number of nitro groups is 2. The first-order valence-corrected chi connectivity index (χ1v) is 9.98. The molecule has 2 rings (SSSR count). The van der Waals surface area contributed by atoms with Crippen LogP contribution in [0.15, 0.2) is 42.5 Å². The van der Waals surface area contributed by atoms with Crippen molar-refractivity contribution in [2.75, 3.05) is 12.4 Å². The number of amides is 1. The van der Waals surface area contributed by atoms with Gasteiger partial charge in [-0.2, -0.15) is 0 Å². The van der Waals surface area contributed by atoms with E-state index in [0.29, 0.717) is 11.4 Å². The van der Waals surface area contributed by atoms with Gasteiger partial charge in [-0.1, -0.05) is 34.8 Å². The number of carbonyl (C=O) groups is 1. The number of benzene rings is 2. The van der Waals surface area contributed by atoms with Gasteiger partial charge in [0.1, 0.15) is 11.9 Å². The van der Waals surface area contributed by atoms with Crippen molar-refractivity contribution in [2.24, 2.45) is 0 Å². The number of halogens is 3. The van der Waals surface area contributed by atoms with Crippen molar-refractivity contribution >= 4 is 75.1 Å². The molecular formula is C17H14Cl3N5O6S. The monoisotopic (exact) mass is 521 g/mol. The quantitative estimate of drug-likeness (QED) is 0.162. The van der Waals surface area contributed by atoms with Gasteiger partial charge in [-0.3, -0.25) is 25.0 Å². The number of thiocarbonyl (C=S) groups is 1. The molecule has 3 N–H and O–H groups in total. The molecule has 0 aliphatic carbocycles. The number of anilines is 1. The summed E-state index contributed by atoms with van der Waals surface area (Å²) in [6, 6.07) is 9.10. The van der Waals surface area contributed by atoms with E-state index in [2.05, 4.69) is 16.0 Å². The third-order valence-corrected chi connectivity index (χ3v) is 4.69. The minimum Gasteiger partial charge on any atom is -0.497 e. The van der Waals surface area contributed by atoms with Gasteiger partial charge in [-0.15, -0.1) is 0 Å². The van der Waals surface area contributed by atoms with Crippen molar-refractivity contribution < 1.29 is 19.4 Å². The van der Waals surface area contributed by atoms with Crippen LogP contribution in [0.4, 0.5) is 17.1 Å². The lowest BCUT2D eigenvalue weighted by atomic mass is 10.1. The molecule has 0 fully saturated rings. The number of nitro benzene ring substituents is 2. The number of methoxy groups -OCH3 is 1. The lowest BCUT2D eigenvalue weighted by Crippen LogP contribution is -2.56. The Kier molecular flexibility index (Phi) is 8.38. The zero-order valence-electron chi connectivity index (χ0n) is 16.0. The lowest BCUT2D eigenvalue weighted by Gasteiger charge is -2.27. The van der Waals surface area contributed by atoms with Crippen molar-refractivity contribution in [1.82, 2.24) is 10.6 Å². The minimum absolute atomic E-state index is 0.0307. The Hall–Kier alpha value is -2.93. The second kappa shape index (κ2) is 10.6. The van der Waals surface area contributed by atoms with E-state index in [1.165, 1.54) is 7.11 Å². The van der Waals surface area contributed by atoms with E-state index in [1.807, 2.05) is 0 Å². The van der Waals surface area contributed by atoms with Gasteiger partial charge in [0, 0.05) is 17.8 Å². The predicted molar refractivity (Wildman–Crippen MR) is 124 cm³/mol. The van der Waals surface area contributed by atoms with Gasteiger partial charge in [0.05, 0.1) is 28.6 Å². The molecule has 0 heterocycles. The average Bonchev–Trinajstić information content (AvgIpc) is 2.72. The Morgan fingerprint density at radius 1 is 1.03 bits per heavy atom. The molecule has 2 aromatic carbocycles. The van der Waals surface area contributed by atoms with Gasteiger partial charge >= 0.3 is 0 Å². The molecule has 1 amide bonds. The summed E-state index contributed by atoms with van der Waals surface area (Å²) >= 11 is 22.9. The molecule has 0 saturated heterocycles. The molecule has 0 saturated carbocycles. The Bertz CT molecular complexity index is 1020. The van der Waals surface area contributed by atoms with Gasteiger partial charge < -0.3 is 20.7 Å². The van der Waals surface area contributed by atoms with Crippen molar-refractivity contribution in [3.63, 3.8) is 0 Å². The maximum absolute atomic E-state index is 12.6. The van der Waals surface area contributed by atoms with E-state index in [0.717, 1.165) is 18.2 Å². The second-order valence-electron chi connectivity index (χ2n) is 6.03. The van der Waals surface area contributed by atoms with Crippen molar-refractivity contribution in [1.29, 1.82) is 0 Å². The first-order chi connectivity index (χ1) is 14.9. The highest BCUT2D eigenvalue weighted by Crippen LogP contribution is 2.30. The fraction of sp³-hybridized carbons (Fsp3) is 0.176. The number of rotatable bonds is 7. The highest BCUT2D eigenvalue weighted by molar-refractivity contribution is 7.80. The molecule has 2 aromatic rings. The summed E-state index contributed by atoms with van der Waals surface area (Å²) in [6.45, 7) is 0. The molecule has 1 unspecified atom stereocenters. The van der Waals surface area contributed by atoms with Crippen LogP contribution in [0.5, 0.6) is 5.75 Å². The molecule has 11 nitrogen and oxygen atoms in total. The average molecular weight is 523 g/mol. The van der Waals surface area contributed by atoms with E-state index in [4.69, 9.17) is 51.8 Å². The summed E-state index contributed by atoms with van der Waals surface area (Å²) in [5.41, 5.74) is -1.13. The topological polar surface area (TPSA) is 149 Å². The van der Waals surface area contributed by atoms with E-state index in [9.17, 15) is 25.0 Å². The summed E-state index contributed by atoms with van der Waals surface area (Å²) in [6.07, 6.45) is -1.41. The molecule has 0 aliphatic heterocycles. The van der Waals surface area contributed by atoms with Crippen molar-refractivity contribution in [2.45, 2.75) is 9.96 Å². The standard InChI is InChI=1S/C17H14Cl3N5O6S/c1-31-13-4-2-10(3-5-13)21-16(32)23-15(17(18,19)20)22-14(26)9-6-11(24(27)28)8-12(7-9)25(29)30/h2-8,15H,1H3,(H,22,26)(H2,21,23,32). The molecule has 0 bridgehead atoms. The van der Waals surface area contributed by atoms with Crippen LogP contribution in [0, 0.1) is 20.2 Å². The first kappa shape index (κ1) is 25.3. The van der Waals surface area contributed by atoms with Crippen LogP contribution < -0.4 is 20.7 Å². The van der Waals surface area contributed by atoms with Gasteiger partial charge in [0.15, 0.2) is 5.11 Å². The molecular weight excluding hydrogens is 509 g/mol. The van der Waals surface area contributed by atoms with Crippen LogP contribution in [0.25, 0.3) is 0 Å². The molecule has 0 aromatic heterocycles. The number of ether oxygens (including phenoxy) is 1. The number of non-ortho nitro benzene ring substituents is 2. The second-order valence-corrected chi connectivity index (χ2v) is 8.80. The fourth-order valence-corrected chi connectivity index (χ4v) is 2.89. The Labute approximate surface area is 201 Å². The normalized spacial score (nSPS) is 11.8. The Balaban J connectivity index is 2.19. The van der Waals surface area contributed by atoms with Crippen LogP contribution in [0.3, 0.4) is 0 Å². The molecule has 15 heteroatoms. The molecule has 32 heavy (non-hydrogen) atoms. The SMILES string of the molecule is COc1ccc(NC(=S)NC(NC(=O)c2cc([N+](=O)[O-])cc([N+](=O)[O-])c2)C(Cl)(Cl)Cl)cc1. The van der Waals surface area contributed by atoms with Gasteiger partial charge in [0.25, 0.3) is 17.3 Å². The van der Waals surface area contributed by atoms with E-state index >= 15 is 0 Å². The number of carbonyl (C=O) groups excluding carboxylic acids is 1. The summed E-state index contributed by atoms with van der Waals surface area (Å²) in [5, 5.41) is 29.8. The molecule has 0 aliphatic rings. The van der Waals surface area contributed by atoms with E-state index < -0.39 is 37.1 Å². The van der Waals surface area contributed by atoms with Gasteiger partial charge in [-0.25, -0.2) is 0 Å². The highest BCUT2D eigenvalue weighted by Gasteiger charge is 2.35. The molecule has 1 atom stereocenters. The highest BCUT2D eigenvalue weighted by atomic mass is 35.6. The smallest absolute Gasteiger partial charge is 0.277 e. The lowest BCUT2D eigenvalue weighted by molar-refractivity contribution is -0.394. The largest absolute Gasteiger partial charge is 0.497 e. The van der Waals surface area contributed by atoms with Gasteiger partial charge in [0.2, 0.25) is 3.79 Å². The maximum atomic E-state index is 12.6. The van der Waals surface area contributed by atoms with Crippen molar-refractivity contribution in [3.8, 4) is 5.75 Å². The summed E-state index contributed by atoms with van der Waals surface area (Å²) in [7, 11) is 1.51. The molecule has 0 spiro atoms. The number of hydrogen-bond donors (Lipinski definition) is 3. The van der Waals surface area contributed by atoms with Crippen LogP contribution in [0.1, 0.15) is 10.4 Å². The number of nitrogens with one attached hydrogen (secondary N) is 3. The van der Waals surface area contributed by atoms with Crippen LogP contribution in [0.2, 0.25) is 0 Å². The summed E-state index contributed by atoms with van der Waals surface area (Å²) in [5.74, 6) is -0.361. The third kappa shape index (κ3) is 7.05. The number of hydrogen-bond acceptors (Lipinski definition) is 7. The van der Waals surface area contributed by atoms with Gasteiger partial charge in [-0.05, 0) is 36.5 Å². The van der Waals surface area contributed by atoms with Crippen LogP contribution in [-0.4, -0.2) is 37.9 Å². The summed E-state index contributed by atoms with van der Waals surface area (Å²) < 4.78 is 2.94. The zero-order valence-corrected chi connectivity index (χ0v) is 19.1.